The molecule has 0 spiro atoms. The Morgan fingerprint density at radius 1 is 1.30 bits per heavy atom. The average Bonchev–Trinajstić information content (AvgIpc) is 2.47. The molecular weight excluding hydrogens is 354 g/mol. The largest absolute Gasteiger partial charge is 0.486 e. The van der Waals surface area contributed by atoms with Crippen molar-refractivity contribution in [3.05, 3.63) is 45.8 Å². The van der Waals surface area contributed by atoms with E-state index in [1.165, 1.54) is 18.3 Å². The first-order valence-corrected chi connectivity index (χ1v) is 7.28. The van der Waals surface area contributed by atoms with Crippen molar-refractivity contribution in [3.63, 3.8) is 0 Å². The molecule has 23 heavy (non-hydrogen) atoms. The molecule has 122 valence electrons. The van der Waals surface area contributed by atoms with Gasteiger partial charge in [0.25, 0.3) is 0 Å². The first-order valence-electron chi connectivity index (χ1n) is 6.52. The molecule has 1 unspecified atom stereocenters. The maximum Gasteiger partial charge on any atom is 0.416 e. The molecule has 0 fully saturated rings. The Balaban J connectivity index is 2.08. The number of halogens is 5. The number of benzene rings is 1. The van der Waals surface area contributed by atoms with E-state index in [9.17, 15) is 13.2 Å². The Kier molecular flexibility index (Phi) is 4.01. The molecule has 1 aliphatic heterocycles. The van der Waals surface area contributed by atoms with Gasteiger partial charge in [0.2, 0.25) is 5.28 Å². The number of nitrogens with zero attached hydrogens (tertiary/aromatic N) is 3. The summed E-state index contributed by atoms with van der Waals surface area (Å²) >= 11 is 11.6. The van der Waals surface area contributed by atoms with Crippen LogP contribution in [0, 0.1) is 0 Å². The van der Waals surface area contributed by atoms with Crippen molar-refractivity contribution in [2.24, 2.45) is 0 Å². The van der Waals surface area contributed by atoms with Crippen LogP contribution in [0.2, 0.25) is 10.3 Å². The maximum atomic E-state index is 13.3. The Hall–Kier alpha value is -1.73. The van der Waals surface area contributed by atoms with Crippen LogP contribution in [0.25, 0.3) is 0 Å². The van der Waals surface area contributed by atoms with E-state index in [2.05, 4.69) is 9.97 Å². The maximum absolute atomic E-state index is 13.3. The second-order valence-electron chi connectivity index (χ2n) is 4.99. The summed E-state index contributed by atoms with van der Waals surface area (Å²) in [6.07, 6.45) is -3.11. The summed E-state index contributed by atoms with van der Waals surface area (Å²) in [7, 11) is 1.62. The number of likely N-dealkylation sites (N-methyl/N-ethyl adjacent to an activating group) is 1. The minimum Gasteiger partial charge on any atom is -0.486 e. The Bertz CT molecular complexity index is 755. The highest BCUT2D eigenvalue weighted by atomic mass is 35.5. The van der Waals surface area contributed by atoms with Crippen LogP contribution >= 0.6 is 23.2 Å². The second kappa shape index (κ2) is 5.72. The van der Waals surface area contributed by atoms with E-state index in [-0.39, 0.29) is 22.5 Å². The number of aromatic nitrogens is 2. The van der Waals surface area contributed by atoms with Crippen molar-refractivity contribution >= 4 is 29.0 Å². The topological polar surface area (TPSA) is 38.2 Å². The number of rotatable bonds is 1. The van der Waals surface area contributed by atoms with E-state index in [1.54, 1.807) is 11.9 Å². The fourth-order valence-corrected chi connectivity index (χ4v) is 2.80. The predicted molar refractivity (Wildman–Crippen MR) is 80.1 cm³/mol. The van der Waals surface area contributed by atoms with Crippen molar-refractivity contribution in [2.45, 2.75) is 12.2 Å². The summed E-state index contributed by atoms with van der Waals surface area (Å²) in [5, 5.41) is 0.204. The van der Waals surface area contributed by atoms with Gasteiger partial charge in [-0.15, -0.1) is 0 Å². The summed E-state index contributed by atoms with van der Waals surface area (Å²) in [6.45, 7) is 0.0118. The van der Waals surface area contributed by atoms with Gasteiger partial charge in [-0.05, 0) is 35.4 Å². The molecule has 1 aliphatic rings. The number of hydrogen-bond donors (Lipinski definition) is 0. The zero-order chi connectivity index (χ0) is 16.8. The Labute approximate surface area is 139 Å². The van der Waals surface area contributed by atoms with E-state index in [0.29, 0.717) is 11.6 Å². The number of alkyl halides is 3. The number of hydrogen-bond acceptors (Lipinski definition) is 4. The molecule has 0 amide bonds. The highest BCUT2D eigenvalue weighted by molar-refractivity contribution is 6.30. The summed E-state index contributed by atoms with van der Waals surface area (Å²) < 4.78 is 45.3. The van der Waals surface area contributed by atoms with Crippen molar-refractivity contribution in [1.29, 1.82) is 0 Å². The molecule has 4 nitrogen and oxygen atoms in total. The monoisotopic (exact) mass is 363 g/mol. The molecule has 1 atom stereocenters. The van der Waals surface area contributed by atoms with Crippen molar-refractivity contribution in [3.8, 4) is 5.75 Å². The third-order valence-electron chi connectivity index (χ3n) is 3.58. The average molecular weight is 364 g/mol. The van der Waals surface area contributed by atoms with Crippen LogP contribution in [-0.2, 0) is 6.18 Å². The molecule has 1 aromatic heterocycles. The Morgan fingerprint density at radius 2 is 2.04 bits per heavy atom. The zero-order valence-electron chi connectivity index (χ0n) is 11.7. The van der Waals surface area contributed by atoms with Crippen LogP contribution in [0.4, 0.5) is 19.0 Å². The fourth-order valence-electron chi connectivity index (χ4n) is 2.49. The van der Waals surface area contributed by atoms with Crippen molar-refractivity contribution in [2.75, 3.05) is 18.6 Å². The van der Waals surface area contributed by atoms with Crippen LogP contribution in [-0.4, -0.2) is 23.6 Å². The lowest BCUT2D eigenvalue weighted by Crippen LogP contribution is -2.35. The van der Waals surface area contributed by atoms with Crippen LogP contribution in [0.5, 0.6) is 5.75 Å². The molecule has 0 aliphatic carbocycles. The molecule has 0 radical (unpaired) electrons. The SMILES string of the molecule is CN1c2nc(Cl)ncc2OCC1c1cc(Cl)ccc1C(F)(F)F. The zero-order valence-corrected chi connectivity index (χ0v) is 13.2. The van der Waals surface area contributed by atoms with Gasteiger partial charge in [-0.3, -0.25) is 0 Å². The molecule has 0 N–H and O–H groups in total. The standard InChI is InChI=1S/C14H10Cl2F3N3O/c1-22-10(6-23-11-5-20-13(16)21-12(11)22)8-4-7(15)2-3-9(8)14(17,18)19/h2-5,10H,6H2,1H3. The first-order chi connectivity index (χ1) is 10.8. The van der Waals surface area contributed by atoms with Gasteiger partial charge in [-0.25, -0.2) is 4.98 Å². The highest BCUT2D eigenvalue weighted by Crippen LogP contribution is 2.42. The minimum absolute atomic E-state index is 0.0118. The van der Waals surface area contributed by atoms with Crippen molar-refractivity contribution < 1.29 is 17.9 Å². The van der Waals surface area contributed by atoms with Gasteiger partial charge in [0, 0.05) is 12.1 Å². The number of anilines is 1. The van der Waals surface area contributed by atoms with Gasteiger partial charge in [0.05, 0.1) is 17.8 Å². The van der Waals surface area contributed by atoms with Gasteiger partial charge in [0.15, 0.2) is 11.6 Å². The van der Waals surface area contributed by atoms with Crippen LogP contribution < -0.4 is 9.64 Å². The lowest BCUT2D eigenvalue weighted by Gasteiger charge is -2.35. The van der Waals surface area contributed by atoms with E-state index < -0.39 is 17.8 Å². The molecule has 1 aromatic carbocycles. The van der Waals surface area contributed by atoms with Gasteiger partial charge in [-0.2, -0.15) is 18.2 Å². The van der Waals surface area contributed by atoms with E-state index in [0.717, 1.165) is 6.07 Å². The third-order valence-corrected chi connectivity index (χ3v) is 4.00. The van der Waals surface area contributed by atoms with Gasteiger partial charge in [-0.1, -0.05) is 11.6 Å². The third kappa shape index (κ3) is 3.03. The number of fused-ring (bicyclic) bond motifs is 1. The summed E-state index contributed by atoms with van der Waals surface area (Å²) in [5.41, 5.74) is -0.737. The lowest BCUT2D eigenvalue weighted by molar-refractivity contribution is -0.138. The van der Waals surface area contributed by atoms with Crippen LogP contribution in [0.3, 0.4) is 0 Å². The molecule has 0 saturated heterocycles. The second-order valence-corrected chi connectivity index (χ2v) is 5.77. The molecule has 9 heteroatoms. The van der Waals surface area contributed by atoms with Gasteiger partial charge < -0.3 is 9.64 Å². The smallest absolute Gasteiger partial charge is 0.416 e. The number of ether oxygens (including phenoxy) is 1. The Morgan fingerprint density at radius 3 is 2.74 bits per heavy atom. The van der Waals surface area contributed by atoms with E-state index in [1.807, 2.05) is 0 Å². The normalized spacial score (nSPS) is 17.7. The van der Waals surface area contributed by atoms with Gasteiger partial charge >= 0.3 is 6.18 Å². The molecule has 2 heterocycles. The summed E-state index contributed by atoms with van der Waals surface area (Å²) in [4.78, 5) is 9.40. The van der Waals surface area contributed by atoms with Crippen LogP contribution in [0.1, 0.15) is 17.2 Å². The van der Waals surface area contributed by atoms with Crippen LogP contribution in [0.15, 0.2) is 24.4 Å². The van der Waals surface area contributed by atoms with E-state index in [4.69, 9.17) is 27.9 Å². The summed E-state index contributed by atoms with van der Waals surface area (Å²) in [5.74, 6) is 0.693. The fraction of sp³-hybridized carbons (Fsp3) is 0.286. The highest BCUT2D eigenvalue weighted by Gasteiger charge is 2.38. The first kappa shape index (κ1) is 16.1. The molecule has 0 saturated carbocycles. The minimum atomic E-state index is -4.50. The lowest BCUT2D eigenvalue weighted by atomic mass is 9.98. The quantitative estimate of drug-likeness (QED) is 0.705. The van der Waals surface area contributed by atoms with E-state index >= 15 is 0 Å². The van der Waals surface area contributed by atoms with Crippen molar-refractivity contribution in [1.82, 2.24) is 9.97 Å². The van der Waals surface area contributed by atoms with Gasteiger partial charge in [0.1, 0.15) is 6.61 Å². The summed E-state index contributed by atoms with van der Waals surface area (Å²) in [6, 6.07) is 2.77. The molecule has 0 bridgehead atoms. The predicted octanol–water partition coefficient (Wildman–Crippen LogP) is 4.37. The molecule has 3 rings (SSSR count). The molecule has 2 aromatic rings. The molecular formula is C14H10Cl2F3N3O.